The minimum absolute atomic E-state index is 0.456. The molecule has 0 radical (unpaired) electrons. The van der Waals surface area contributed by atoms with Crippen LogP contribution in [-0.2, 0) is 0 Å². The highest BCUT2D eigenvalue weighted by Crippen LogP contribution is 2.30. The highest BCUT2D eigenvalue weighted by molar-refractivity contribution is 5.36. The van der Waals surface area contributed by atoms with Crippen molar-refractivity contribution in [2.75, 3.05) is 5.32 Å². The van der Waals surface area contributed by atoms with Gasteiger partial charge in [-0.25, -0.2) is 9.97 Å². The van der Waals surface area contributed by atoms with Crippen molar-refractivity contribution in [1.29, 1.82) is 0 Å². The predicted octanol–water partition coefficient (Wildman–Crippen LogP) is 3.84. The van der Waals surface area contributed by atoms with E-state index in [4.69, 9.17) is 0 Å². The van der Waals surface area contributed by atoms with E-state index in [1.807, 2.05) is 0 Å². The average molecular weight is 247 g/mol. The van der Waals surface area contributed by atoms with Crippen LogP contribution in [0, 0.1) is 11.8 Å². The Bertz CT molecular complexity index is 379. The van der Waals surface area contributed by atoms with E-state index in [1.54, 1.807) is 6.33 Å². The summed E-state index contributed by atoms with van der Waals surface area (Å²) in [6, 6.07) is 2.66. The molecule has 0 saturated heterocycles. The topological polar surface area (TPSA) is 37.8 Å². The summed E-state index contributed by atoms with van der Waals surface area (Å²) in [5.74, 6) is 3.08. The van der Waals surface area contributed by atoms with Gasteiger partial charge in [0.05, 0.1) is 0 Å². The summed E-state index contributed by atoms with van der Waals surface area (Å²) in [6.07, 6.45) is 5.54. The minimum Gasteiger partial charge on any atom is -0.367 e. The number of nitrogens with zero attached hydrogens (tertiary/aromatic N) is 2. The number of rotatable bonds is 3. The molecule has 1 aromatic rings. The molecule has 1 heterocycles. The molecule has 3 heteroatoms. The Balaban J connectivity index is 2.02. The standard InChI is InChI=1S/C15H25N3/c1-10(2)14-8-15(17-9-16-14)18-13-6-11(3)5-12(4)7-13/h8-13H,5-7H2,1-4H3,(H,16,17,18). The van der Waals surface area contributed by atoms with Crippen LogP contribution in [0.3, 0.4) is 0 Å². The van der Waals surface area contributed by atoms with Crippen molar-refractivity contribution in [1.82, 2.24) is 9.97 Å². The van der Waals surface area contributed by atoms with Crippen molar-refractivity contribution in [2.24, 2.45) is 11.8 Å². The van der Waals surface area contributed by atoms with Crippen LogP contribution in [0.5, 0.6) is 0 Å². The summed E-state index contributed by atoms with van der Waals surface area (Å²) < 4.78 is 0. The Morgan fingerprint density at radius 3 is 2.39 bits per heavy atom. The largest absolute Gasteiger partial charge is 0.367 e. The normalized spacial score (nSPS) is 28.4. The Morgan fingerprint density at radius 1 is 1.11 bits per heavy atom. The van der Waals surface area contributed by atoms with E-state index in [1.165, 1.54) is 19.3 Å². The number of hydrogen-bond donors (Lipinski definition) is 1. The lowest BCUT2D eigenvalue weighted by molar-refractivity contribution is 0.280. The Hall–Kier alpha value is -1.12. The van der Waals surface area contributed by atoms with Crippen molar-refractivity contribution in [3.8, 4) is 0 Å². The number of nitrogens with one attached hydrogen (secondary N) is 1. The van der Waals surface area contributed by atoms with Crippen LogP contribution in [0.1, 0.15) is 58.6 Å². The third-order valence-corrected chi connectivity index (χ3v) is 3.81. The molecule has 1 N–H and O–H groups in total. The van der Waals surface area contributed by atoms with Crippen molar-refractivity contribution < 1.29 is 0 Å². The van der Waals surface area contributed by atoms with Gasteiger partial charge in [-0.3, -0.25) is 0 Å². The fourth-order valence-electron chi connectivity index (χ4n) is 3.04. The van der Waals surface area contributed by atoms with Gasteiger partial charge in [-0.1, -0.05) is 27.7 Å². The summed E-state index contributed by atoms with van der Waals surface area (Å²) in [4.78, 5) is 8.65. The van der Waals surface area contributed by atoms with E-state index >= 15 is 0 Å². The van der Waals surface area contributed by atoms with Gasteiger partial charge in [0, 0.05) is 17.8 Å². The van der Waals surface area contributed by atoms with Crippen LogP contribution in [0.15, 0.2) is 12.4 Å². The third kappa shape index (κ3) is 3.44. The SMILES string of the molecule is CC1CC(C)CC(Nc2cc(C(C)C)ncn2)C1. The smallest absolute Gasteiger partial charge is 0.129 e. The van der Waals surface area contributed by atoms with Crippen molar-refractivity contribution in [3.05, 3.63) is 18.1 Å². The maximum atomic E-state index is 4.34. The second kappa shape index (κ2) is 5.68. The fraction of sp³-hybridized carbons (Fsp3) is 0.733. The molecule has 1 aromatic heterocycles. The van der Waals surface area contributed by atoms with Crippen molar-refractivity contribution in [3.63, 3.8) is 0 Å². The van der Waals surface area contributed by atoms with Crippen molar-refractivity contribution in [2.45, 2.75) is 58.9 Å². The monoisotopic (exact) mass is 247 g/mol. The highest BCUT2D eigenvalue weighted by Gasteiger charge is 2.24. The summed E-state index contributed by atoms with van der Waals surface area (Å²) in [6.45, 7) is 9.03. The van der Waals surface area contributed by atoms with Gasteiger partial charge in [0.1, 0.15) is 12.1 Å². The lowest BCUT2D eigenvalue weighted by atomic mass is 9.80. The molecule has 18 heavy (non-hydrogen) atoms. The lowest BCUT2D eigenvalue weighted by Gasteiger charge is -2.32. The Morgan fingerprint density at radius 2 is 1.78 bits per heavy atom. The van der Waals surface area contributed by atoms with Crippen molar-refractivity contribution >= 4 is 5.82 Å². The first-order valence-corrected chi connectivity index (χ1v) is 7.13. The van der Waals surface area contributed by atoms with E-state index in [0.29, 0.717) is 12.0 Å². The molecule has 0 aromatic carbocycles. The summed E-state index contributed by atoms with van der Waals surface area (Å²) in [5.41, 5.74) is 1.12. The molecule has 1 aliphatic carbocycles. The molecule has 1 fully saturated rings. The molecule has 100 valence electrons. The van der Waals surface area contributed by atoms with Crippen LogP contribution in [0.4, 0.5) is 5.82 Å². The van der Waals surface area contributed by atoms with Gasteiger partial charge < -0.3 is 5.32 Å². The Labute approximate surface area is 110 Å². The van der Waals surface area contributed by atoms with E-state index in [0.717, 1.165) is 23.3 Å². The second-order valence-corrected chi connectivity index (χ2v) is 6.24. The second-order valence-electron chi connectivity index (χ2n) is 6.24. The summed E-state index contributed by atoms with van der Waals surface area (Å²) >= 11 is 0. The van der Waals surface area contributed by atoms with Crippen LogP contribution < -0.4 is 5.32 Å². The van der Waals surface area contributed by atoms with Gasteiger partial charge in [0.15, 0.2) is 0 Å². The first-order valence-electron chi connectivity index (χ1n) is 7.13. The maximum absolute atomic E-state index is 4.34. The van der Waals surface area contributed by atoms with Gasteiger partial charge in [-0.2, -0.15) is 0 Å². The van der Waals surface area contributed by atoms with E-state index < -0.39 is 0 Å². The Kier molecular flexibility index (Phi) is 4.20. The summed E-state index contributed by atoms with van der Waals surface area (Å²) in [5, 5.41) is 3.59. The van der Waals surface area contributed by atoms with Gasteiger partial charge >= 0.3 is 0 Å². The number of hydrogen-bond acceptors (Lipinski definition) is 3. The van der Waals surface area contributed by atoms with Crippen LogP contribution in [0.25, 0.3) is 0 Å². The van der Waals surface area contributed by atoms with Crippen LogP contribution in [-0.4, -0.2) is 16.0 Å². The molecule has 2 atom stereocenters. The van der Waals surface area contributed by atoms with E-state index in [9.17, 15) is 0 Å². The number of aromatic nitrogens is 2. The van der Waals surface area contributed by atoms with Gasteiger partial charge in [0.2, 0.25) is 0 Å². The van der Waals surface area contributed by atoms with Crippen LogP contribution in [0.2, 0.25) is 0 Å². The zero-order valence-electron chi connectivity index (χ0n) is 12.0. The minimum atomic E-state index is 0.456. The first kappa shape index (κ1) is 13.3. The maximum Gasteiger partial charge on any atom is 0.129 e. The first-order chi connectivity index (χ1) is 8.54. The van der Waals surface area contributed by atoms with E-state index in [-0.39, 0.29) is 0 Å². The molecule has 0 bridgehead atoms. The highest BCUT2D eigenvalue weighted by atomic mass is 15.0. The lowest BCUT2D eigenvalue weighted by Crippen LogP contribution is -2.30. The molecule has 0 spiro atoms. The number of anilines is 1. The molecule has 0 amide bonds. The fourth-order valence-corrected chi connectivity index (χ4v) is 3.04. The molecule has 0 aliphatic heterocycles. The molecule has 1 aliphatic rings. The molecular formula is C15H25N3. The van der Waals surface area contributed by atoms with Gasteiger partial charge in [-0.05, 0) is 37.0 Å². The predicted molar refractivity (Wildman–Crippen MR) is 75.7 cm³/mol. The van der Waals surface area contributed by atoms with Gasteiger partial charge in [0.25, 0.3) is 0 Å². The molecule has 1 saturated carbocycles. The average Bonchev–Trinajstić information content (AvgIpc) is 2.27. The molecule has 2 unspecified atom stereocenters. The summed E-state index contributed by atoms with van der Waals surface area (Å²) in [7, 11) is 0. The third-order valence-electron chi connectivity index (χ3n) is 3.81. The zero-order chi connectivity index (χ0) is 13.1. The van der Waals surface area contributed by atoms with E-state index in [2.05, 4.69) is 49.0 Å². The molecule has 3 nitrogen and oxygen atoms in total. The molecular weight excluding hydrogens is 222 g/mol. The van der Waals surface area contributed by atoms with Crippen LogP contribution >= 0.6 is 0 Å². The van der Waals surface area contributed by atoms with Gasteiger partial charge in [-0.15, -0.1) is 0 Å². The molecule has 2 rings (SSSR count). The quantitative estimate of drug-likeness (QED) is 0.882. The zero-order valence-corrected chi connectivity index (χ0v) is 12.0.